The van der Waals surface area contributed by atoms with Crippen LogP contribution in [0.3, 0.4) is 0 Å². The van der Waals surface area contributed by atoms with Crippen LogP contribution in [-0.2, 0) is 0 Å². The van der Waals surface area contributed by atoms with Crippen LogP contribution in [0.5, 0.6) is 5.88 Å². The van der Waals surface area contributed by atoms with Crippen LogP contribution in [-0.4, -0.2) is 12.1 Å². The molecule has 0 aliphatic rings. The van der Waals surface area contributed by atoms with Crippen molar-refractivity contribution in [2.45, 2.75) is 0 Å². The lowest BCUT2D eigenvalue weighted by atomic mass is 10.5. The highest BCUT2D eigenvalue weighted by Crippen LogP contribution is 2.12. The number of nitrogens with zero attached hydrogens (tertiary/aromatic N) is 1. The van der Waals surface area contributed by atoms with Crippen LogP contribution < -0.4 is 4.74 Å². The molecule has 54 valence electrons. The molecule has 10 heavy (non-hydrogen) atoms. The van der Waals surface area contributed by atoms with E-state index in [1.54, 1.807) is 0 Å². The van der Waals surface area contributed by atoms with Crippen molar-refractivity contribution in [1.29, 1.82) is 0 Å². The van der Waals surface area contributed by atoms with Gasteiger partial charge in [-0.05, 0) is 28.7 Å². The van der Waals surface area contributed by atoms with E-state index in [2.05, 4.69) is 4.98 Å². The molecule has 1 heterocycles. The molecule has 2 nitrogen and oxygen atoms in total. The van der Waals surface area contributed by atoms with Crippen molar-refractivity contribution in [3.05, 3.63) is 21.7 Å². The summed E-state index contributed by atoms with van der Waals surface area (Å²) in [6.45, 7) is 0. The Hall–Kier alpha value is -0.390. The maximum atomic E-state index is 12.5. The fourth-order valence-corrected chi connectivity index (χ4v) is 0.932. The molecule has 0 fully saturated rings. The summed E-state index contributed by atoms with van der Waals surface area (Å²) in [6.07, 6.45) is 0. The minimum absolute atomic E-state index is 0.318. The summed E-state index contributed by atoms with van der Waals surface area (Å²) in [6, 6.07) is 2.81. The van der Waals surface area contributed by atoms with Crippen LogP contribution in [0.2, 0.25) is 0 Å². The van der Waals surface area contributed by atoms with E-state index in [0.717, 1.165) is 0 Å². The molecular formula is C6H5FINO. The number of rotatable bonds is 1. The first-order valence-electron chi connectivity index (χ1n) is 2.60. The summed E-state index contributed by atoms with van der Waals surface area (Å²) in [5.74, 6) is 0.118. The highest BCUT2D eigenvalue weighted by atomic mass is 127. The third kappa shape index (κ3) is 1.56. The van der Waals surface area contributed by atoms with Crippen LogP contribution >= 0.6 is 22.6 Å². The maximum Gasteiger partial charge on any atom is 0.214 e. The van der Waals surface area contributed by atoms with Crippen molar-refractivity contribution in [3.8, 4) is 5.88 Å². The molecule has 1 aromatic rings. The predicted molar refractivity (Wildman–Crippen MR) is 43.5 cm³/mol. The van der Waals surface area contributed by atoms with Gasteiger partial charge >= 0.3 is 0 Å². The Balaban J connectivity index is 3.04. The standard InChI is InChI=1S/C6H5FINO/c1-10-5-3-2-4(7)6(8)9-5/h2-3H,1H3. The van der Waals surface area contributed by atoms with E-state index < -0.39 is 0 Å². The quantitative estimate of drug-likeness (QED) is 0.562. The first kappa shape index (κ1) is 7.71. The SMILES string of the molecule is COc1ccc(F)c(I)n1. The normalized spacial score (nSPS) is 9.50. The summed E-state index contributed by atoms with van der Waals surface area (Å²) < 4.78 is 17.6. The highest BCUT2D eigenvalue weighted by Gasteiger charge is 2.00. The zero-order valence-corrected chi connectivity index (χ0v) is 7.42. The topological polar surface area (TPSA) is 22.1 Å². The van der Waals surface area contributed by atoms with Crippen LogP contribution in [0.1, 0.15) is 0 Å². The lowest BCUT2D eigenvalue weighted by Crippen LogP contribution is -1.91. The molecule has 0 amide bonds. The van der Waals surface area contributed by atoms with E-state index in [1.807, 2.05) is 22.6 Å². The van der Waals surface area contributed by atoms with Crippen LogP contribution in [0, 0.1) is 9.52 Å². The van der Waals surface area contributed by atoms with Gasteiger partial charge in [-0.3, -0.25) is 0 Å². The highest BCUT2D eigenvalue weighted by molar-refractivity contribution is 14.1. The van der Waals surface area contributed by atoms with E-state index in [-0.39, 0.29) is 5.82 Å². The maximum absolute atomic E-state index is 12.5. The molecule has 0 saturated carbocycles. The Morgan fingerprint density at radius 1 is 1.60 bits per heavy atom. The summed E-state index contributed by atoms with van der Waals surface area (Å²) in [5.41, 5.74) is 0. The Morgan fingerprint density at radius 3 is 2.80 bits per heavy atom. The average molecular weight is 253 g/mol. The second-order valence-corrected chi connectivity index (χ2v) is 2.65. The molecule has 0 aliphatic heterocycles. The number of hydrogen-bond acceptors (Lipinski definition) is 2. The predicted octanol–water partition coefficient (Wildman–Crippen LogP) is 1.83. The average Bonchev–Trinajstić information content (AvgIpc) is 1.95. The van der Waals surface area contributed by atoms with Crippen molar-refractivity contribution in [2.24, 2.45) is 0 Å². The number of aromatic nitrogens is 1. The number of hydrogen-bond donors (Lipinski definition) is 0. The third-order valence-corrected chi connectivity index (χ3v) is 1.74. The monoisotopic (exact) mass is 253 g/mol. The first-order chi connectivity index (χ1) is 4.74. The first-order valence-corrected chi connectivity index (χ1v) is 3.68. The van der Waals surface area contributed by atoms with Gasteiger partial charge in [0.05, 0.1) is 7.11 Å². The number of halogens is 2. The second kappa shape index (κ2) is 3.14. The second-order valence-electron chi connectivity index (χ2n) is 1.63. The van der Waals surface area contributed by atoms with Gasteiger partial charge in [-0.2, -0.15) is 0 Å². The van der Waals surface area contributed by atoms with Gasteiger partial charge in [0.2, 0.25) is 5.88 Å². The zero-order valence-electron chi connectivity index (χ0n) is 5.27. The molecule has 0 unspecified atom stereocenters. The van der Waals surface area contributed by atoms with Gasteiger partial charge in [-0.25, -0.2) is 9.37 Å². The van der Waals surface area contributed by atoms with Crippen molar-refractivity contribution in [2.75, 3.05) is 7.11 Å². The molecule has 0 N–H and O–H groups in total. The molecule has 0 bridgehead atoms. The summed E-state index contributed by atoms with van der Waals surface area (Å²) >= 11 is 1.81. The van der Waals surface area contributed by atoms with Gasteiger partial charge in [-0.1, -0.05) is 0 Å². The fourth-order valence-electron chi connectivity index (χ4n) is 0.514. The Kier molecular flexibility index (Phi) is 2.42. The van der Waals surface area contributed by atoms with Crippen molar-refractivity contribution in [1.82, 2.24) is 4.98 Å². The van der Waals surface area contributed by atoms with E-state index in [1.165, 1.54) is 19.2 Å². The number of pyridine rings is 1. The third-order valence-electron chi connectivity index (χ3n) is 0.987. The fraction of sp³-hybridized carbons (Fsp3) is 0.167. The summed E-state index contributed by atoms with van der Waals surface area (Å²) in [7, 11) is 1.50. The molecule has 1 aromatic heterocycles. The molecule has 0 aliphatic carbocycles. The molecule has 0 spiro atoms. The molecule has 0 atom stereocenters. The van der Waals surface area contributed by atoms with Gasteiger partial charge in [0.15, 0.2) is 5.82 Å². The van der Waals surface area contributed by atoms with Crippen molar-refractivity contribution >= 4 is 22.6 Å². The van der Waals surface area contributed by atoms with Gasteiger partial charge in [0.1, 0.15) is 3.70 Å². The van der Waals surface area contributed by atoms with E-state index in [0.29, 0.717) is 9.58 Å². The van der Waals surface area contributed by atoms with E-state index >= 15 is 0 Å². The molecule has 0 saturated heterocycles. The molecule has 0 radical (unpaired) electrons. The Bertz CT molecular complexity index is 241. The summed E-state index contributed by atoms with van der Waals surface area (Å²) in [4.78, 5) is 3.78. The minimum Gasteiger partial charge on any atom is -0.481 e. The lowest BCUT2D eigenvalue weighted by Gasteiger charge is -1.97. The lowest BCUT2D eigenvalue weighted by molar-refractivity contribution is 0.394. The molecule has 0 aromatic carbocycles. The molecule has 1 rings (SSSR count). The largest absolute Gasteiger partial charge is 0.481 e. The van der Waals surface area contributed by atoms with Gasteiger partial charge in [-0.15, -0.1) is 0 Å². The van der Waals surface area contributed by atoms with E-state index in [4.69, 9.17) is 4.74 Å². The number of ether oxygens (including phenoxy) is 1. The van der Waals surface area contributed by atoms with Crippen molar-refractivity contribution < 1.29 is 9.13 Å². The smallest absolute Gasteiger partial charge is 0.214 e. The van der Waals surface area contributed by atoms with Crippen LogP contribution in [0.4, 0.5) is 4.39 Å². The van der Waals surface area contributed by atoms with Gasteiger partial charge < -0.3 is 4.74 Å². The summed E-state index contributed by atoms with van der Waals surface area (Å²) in [5, 5.41) is 0. The van der Waals surface area contributed by atoms with Crippen molar-refractivity contribution in [3.63, 3.8) is 0 Å². The van der Waals surface area contributed by atoms with Crippen LogP contribution in [0.15, 0.2) is 12.1 Å². The van der Waals surface area contributed by atoms with Crippen LogP contribution in [0.25, 0.3) is 0 Å². The van der Waals surface area contributed by atoms with E-state index in [9.17, 15) is 4.39 Å². The Labute approximate surface area is 71.6 Å². The van der Waals surface area contributed by atoms with Gasteiger partial charge in [0.25, 0.3) is 0 Å². The zero-order chi connectivity index (χ0) is 7.56. The molecule has 4 heteroatoms. The molecular weight excluding hydrogens is 248 g/mol. The number of methoxy groups -OCH3 is 1. The van der Waals surface area contributed by atoms with Gasteiger partial charge in [0, 0.05) is 6.07 Å². The minimum atomic E-state index is -0.318. The Morgan fingerprint density at radius 2 is 2.30 bits per heavy atom.